The highest BCUT2D eigenvalue weighted by atomic mass is 32.1. The number of nitrogens with two attached hydrogens (primary N) is 1. The van der Waals surface area contributed by atoms with E-state index in [1.54, 1.807) is 17.4 Å². The molecule has 0 amide bonds. The molecule has 0 radical (unpaired) electrons. The van der Waals surface area contributed by atoms with Crippen molar-refractivity contribution in [3.05, 3.63) is 34.4 Å². The Morgan fingerprint density at radius 2 is 2.19 bits per heavy atom. The molecule has 2 aromatic heterocycles. The third-order valence-electron chi connectivity index (χ3n) is 3.70. The van der Waals surface area contributed by atoms with Crippen LogP contribution in [-0.2, 0) is 0 Å². The van der Waals surface area contributed by atoms with Crippen molar-refractivity contribution < 1.29 is 4.39 Å². The molecule has 4 rings (SSSR count). The number of thiazole rings is 1. The molecule has 0 saturated heterocycles. The number of imidazole rings is 1. The Balaban J connectivity index is 1.92. The summed E-state index contributed by atoms with van der Waals surface area (Å²) >= 11 is 1.54. The predicted octanol–water partition coefficient (Wildman–Crippen LogP) is 3.65. The van der Waals surface area contributed by atoms with Gasteiger partial charge in [0.1, 0.15) is 16.5 Å². The Kier molecular flexibility index (Phi) is 2.83. The highest BCUT2D eigenvalue weighted by molar-refractivity contribution is 7.10. The zero-order chi connectivity index (χ0) is 14.6. The molecule has 3 aromatic rings. The summed E-state index contributed by atoms with van der Waals surface area (Å²) in [4.78, 5) is 9.19. The minimum Gasteiger partial charge on any atom is -0.322 e. The van der Waals surface area contributed by atoms with Gasteiger partial charge in [-0.05, 0) is 31.9 Å². The maximum absolute atomic E-state index is 13.4. The average Bonchev–Trinajstić information content (AvgIpc) is 3.02. The van der Waals surface area contributed by atoms with Gasteiger partial charge >= 0.3 is 0 Å². The van der Waals surface area contributed by atoms with E-state index in [4.69, 9.17) is 5.73 Å². The first-order valence-electron chi connectivity index (χ1n) is 7.02. The Bertz CT molecular complexity index is 816. The van der Waals surface area contributed by atoms with Crippen molar-refractivity contribution in [1.29, 1.82) is 0 Å². The molecule has 1 unspecified atom stereocenters. The highest BCUT2D eigenvalue weighted by Gasteiger charge is 2.29. The van der Waals surface area contributed by atoms with Crippen LogP contribution in [-0.4, -0.2) is 14.5 Å². The number of benzene rings is 1. The predicted molar refractivity (Wildman–Crippen MR) is 81.7 cm³/mol. The van der Waals surface area contributed by atoms with Crippen molar-refractivity contribution in [2.75, 3.05) is 0 Å². The molecule has 0 aliphatic heterocycles. The van der Waals surface area contributed by atoms with E-state index in [0.29, 0.717) is 11.6 Å². The molecule has 21 heavy (non-hydrogen) atoms. The van der Waals surface area contributed by atoms with Crippen LogP contribution in [0.1, 0.15) is 36.9 Å². The molecular weight excluding hydrogens is 287 g/mol. The van der Waals surface area contributed by atoms with Crippen LogP contribution in [0, 0.1) is 5.82 Å². The van der Waals surface area contributed by atoms with Crippen LogP contribution in [0.25, 0.3) is 22.6 Å². The van der Waals surface area contributed by atoms with Crippen molar-refractivity contribution in [3.63, 3.8) is 0 Å². The Hall–Kier alpha value is -1.79. The second-order valence-electron chi connectivity index (χ2n) is 5.53. The van der Waals surface area contributed by atoms with Crippen LogP contribution in [0.4, 0.5) is 4.39 Å². The molecule has 0 spiro atoms. The van der Waals surface area contributed by atoms with Crippen LogP contribution < -0.4 is 5.73 Å². The highest BCUT2D eigenvalue weighted by Crippen LogP contribution is 2.41. The first-order chi connectivity index (χ1) is 10.1. The zero-order valence-electron chi connectivity index (χ0n) is 11.6. The lowest BCUT2D eigenvalue weighted by molar-refractivity contribution is 0.629. The number of halogens is 1. The summed E-state index contributed by atoms with van der Waals surface area (Å²) in [6.45, 7) is 1.92. The van der Waals surface area contributed by atoms with Gasteiger partial charge < -0.3 is 10.3 Å². The van der Waals surface area contributed by atoms with Crippen molar-refractivity contribution in [1.82, 2.24) is 14.5 Å². The number of fused-ring (bicyclic) bond motifs is 1. The molecular formula is C15H15FN4S. The molecule has 6 heteroatoms. The smallest absolute Gasteiger partial charge is 0.160 e. The van der Waals surface area contributed by atoms with E-state index in [0.717, 1.165) is 34.9 Å². The van der Waals surface area contributed by atoms with Gasteiger partial charge in [0.05, 0.1) is 17.1 Å². The first kappa shape index (κ1) is 12.9. The normalized spacial score (nSPS) is 16.5. The number of hydrogen-bond donors (Lipinski definition) is 1. The summed E-state index contributed by atoms with van der Waals surface area (Å²) in [6.07, 6.45) is 2.28. The number of nitrogens with zero attached hydrogens (tertiary/aromatic N) is 3. The second kappa shape index (κ2) is 4.61. The van der Waals surface area contributed by atoms with Gasteiger partial charge in [0.15, 0.2) is 5.82 Å². The summed E-state index contributed by atoms with van der Waals surface area (Å²) in [5.41, 5.74) is 8.37. The molecule has 0 bridgehead atoms. The van der Waals surface area contributed by atoms with E-state index in [-0.39, 0.29) is 11.9 Å². The van der Waals surface area contributed by atoms with Crippen molar-refractivity contribution >= 4 is 22.4 Å². The molecule has 108 valence electrons. The fourth-order valence-corrected chi connectivity index (χ4v) is 3.31. The number of rotatable bonds is 3. The Labute approximate surface area is 125 Å². The minimum absolute atomic E-state index is 0.0834. The average molecular weight is 302 g/mol. The summed E-state index contributed by atoms with van der Waals surface area (Å²) in [5.74, 6) is 0.560. The van der Waals surface area contributed by atoms with Gasteiger partial charge in [-0.15, -0.1) is 11.3 Å². The van der Waals surface area contributed by atoms with E-state index in [2.05, 4.69) is 14.5 Å². The lowest BCUT2D eigenvalue weighted by Gasteiger charge is -2.05. The van der Waals surface area contributed by atoms with Crippen molar-refractivity contribution in [2.45, 2.75) is 31.8 Å². The molecule has 2 heterocycles. The monoisotopic (exact) mass is 302 g/mol. The summed E-state index contributed by atoms with van der Waals surface area (Å²) in [7, 11) is 0. The number of hydrogen-bond acceptors (Lipinski definition) is 4. The van der Waals surface area contributed by atoms with Crippen LogP contribution >= 0.6 is 11.3 Å². The summed E-state index contributed by atoms with van der Waals surface area (Å²) in [6, 6.07) is 5.14. The van der Waals surface area contributed by atoms with E-state index >= 15 is 0 Å². The minimum atomic E-state index is -0.260. The molecule has 2 N–H and O–H groups in total. The lowest BCUT2D eigenvalue weighted by atomic mass is 10.3. The summed E-state index contributed by atoms with van der Waals surface area (Å²) in [5, 5.41) is 2.88. The van der Waals surface area contributed by atoms with E-state index in [1.165, 1.54) is 12.1 Å². The van der Waals surface area contributed by atoms with Crippen molar-refractivity contribution in [2.24, 2.45) is 5.73 Å². The van der Waals surface area contributed by atoms with Gasteiger partial charge in [0.2, 0.25) is 0 Å². The molecule has 1 aliphatic carbocycles. The second-order valence-corrected chi connectivity index (χ2v) is 6.42. The maximum Gasteiger partial charge on any atom is 0.160 e. The van der Waals surface area contributed by atoms with Gasteiger partial charge in [0, 0.05) is 17.5 Å². The fraction of sp³-hybridized carbons (Fsp3) is 0.333. The molecule has 4 nitrogen and oxygen atoms in total. The fourth-order valence-electron chi connectivity index (χ4n) is 2.55. The lowest BCUT2D eigenvalue weighted by Crippen LogP contribution is -2.04. The third kappa shape index (κ3) is 2.15. The quantitative estimate of drug-likeness (QED) is 0.803. The van der Waals surface area contributed by atoms with Crippen LogP contribution in [0.3, 0.4) is 0 Å². The third-order valence-corrected chi connectivity index (χ3v) is 4.75. The zero-order valence-corrected chi connectivity index (χ0v) is 12.4. The van der Waals surface area contributed by atoms with Gasteiger partial charge in [-0.1, -0.05) is 0 Å². The van der Waals surface area contributed by atoms with Crippen molar-refractivity contribution in [3.8, 4) is 11.5 Å². The van der Waals surface area contributed by atoms with E-state index in [9.17, 15) is 4.39 Å². The number of aromatic nitrogens is 3. The topological polar surface area (TPSA) is 56.7 Å². The van der Waals surface area contributed by atoms with Crippen LogP contribution in [0.15, 0.2) is 23.6 Å². The molecule has 1 atom stereocenters. The van der Waals surface area contributed by atoms with Gasteiger partial charge in [-0.2, -0.15) is 0 Å². The molecule has 1 saturated carbocycles. The molecule has 1 aromatic carbocycles. The van der Waals surface area contributed by atoms with E-state index < -0.39 is 0 Å². The molecule has 1 aliphatic rings. The van der Waals surface area contributed by atoms with Gasteiger partial charge in [-0.3, -0.25) is 0 Å². The van der Waals surface area contributed by atoms with Crippen LogP contribution in [0.2, 0.25) is 0 Å². The standard InChI is InChI=1S/C15H15FN4S/c1-8(17)15-19-12(7-21-15)14-18-11-6-9(16)2-5-13(11)20(14)10-3-4-10/h2,5-8,10H,3-4,17H2,1H3. The Morgan fingerprint density at radius 1 is 1.38 bits per heavy atom. The SMILES string of the molecule is CC(N)c1nc(-c2nc3cc(F)ccc3n2C2CC2)cs1. The summed E-state index contributed by atoms with van der Waals surface area (Å²) < 4.78 is 15.6. The molecule has 1 fully saturated rings. The van der Waals surface area contributed by atoms with Crippen LogP contribution in [0.5, 0.6) is 0 Å². The van der Waals surface area contributed by atoms with Gasteiger partial charge in [-0.25, -0.2) is 14.4 Å². The maximum atomic E-state index is 13.4. The first-order valence-corrected chi connectivity index (χ1v) is 7.90. The van der Waals surface area contributed by atoms with E-state index in [1.807, 2.05) is 12.3 Å². The van der Waals surface area contributed by atoms with Gasteiger partial charge in [0.25, 0.3) is 0 Å². The Morgan fingerprint density at radius 3 is 2.86 bits per heavy atom. The largest absolute Gasteiger partial charge is 0.322 e.